The Morgan fingerprint density at radius 1 is 1.12 bits per heavy atom. The van der Waals surface area contributed by atoms with E-state index in [1.54, 1.807) is 30.8 Å². The molecule has 1 saturated heterocycles. The Balaban J connectivity index is 1.84. The molecular weight excluding hydrogens is 336 g/mol. The molecular formula is C19H20N2O3S. The van der Waals surface area contributed by atoms with Gasteiger partial charge in [0, 0.05) is 5.56 Å². The van der Waals surface area contributed by atoms with Crippen LogP contribution in [0, 0.1) is 6.92 Å². The molecule has 0 bridgehead atoms. The van der Waals surface area contributed by atoms with Crippen LogP contribution in [0.2, 0.25) is 0 Å². The third-order valence-electron chi connectivity index (χ3n) is 4.51. The molecule has 130 valence electrons. The molecule has 0 unspecified atom stereocenters. The van der Waals surface area contributed by atoms with Crippen LogP contribution in [0.4, 0.5) is 0 Å². The van der Waals surface area contributed by atoms with Gasteiger partial charge in [-0.15, -0.1) is 0 Å². The zero-order valence-electron chi connectivity index (χ0n) is 14.0. The van der Waals surface area contributed by atoms with Gasteiger partial charge in [0.1, 0.15) is 5.54 Å². The van der Waals surface area contributed by atoms with Crippen molar-refractivity contribution in [3.8, 4) is 11.3 Å². The Morgan fingerprint density at radius 2 is 1.80 bits per heavy atom. The summed E-state index contributed by atoms with van der Waals surface area (Å²) < 4.78 is 0. The normalized spacial score (nSPS) is 16.2. The van der Waals surface area contributed by atoms with E-state index in [4.69, 9.17) is 0 Å². The third kappa shape index (κ3) is 3.69. The van der Waals surface area contributed by atoms with Gasteiger partial charge in [0.15, 0.2) is 0 Å². The lowest BCUT2D eigenvalue weighted by atomic mass is 9.91. The first-order valence-electron chi connectivity index (χ1n) is 8.18. The largest absolute Gasteiger partial charge is 0.480 e. The maximum atomic E-state index is 12.7. The second-order valence-corrected chi connectivity index (χ2v) is 7.37. The zero-order valence-corrected chi connectivity index (χ0v) is 14.8. The number of thioether (sulfide) groups is 1. The second-order valence-electron chi connectivity index (χ2n) is 6.15. The van der Waals surface area contributed by atoms with E-state index in [-0.39, 0.29) is 5.91 Å². The molecule has 1 amide bonds. The van der Waals surface area contributed by atoms with E-state index in [2.05, 4.69) is 10.3 Å². The summed E-state index contributed by atoms with van der Waals surface area (Å²) in [6, 6.07) is 13.2. The number of hydrogen-bond donors (Lipinski definition) is 2. The minimum absolute atomic E-state index is 0.376. The topological polar surface area (TPSA) is 79.3 Å². The van der Waals surface area contributed by atoms with Gasteiger partial charge in [-0.1, -0.05) is 30.3 Å². The number of carbonyl (C=O) groups excluding carboxylic acids is 1. The van der Waals surface area contributed by atoms with Crippen molar-refractivity contribution in [3.05, 3.63) is 53.7 Å². The van der Waals surface area contributed by atoms with Gasteiger partial charge in [-0.25, -0.2) is 4.79 Å². The number of amides is 1. The Morgan fingerprint density at radius 3 is 2.40 bits per heavy atom. The quantitative estimate of drug-likeness (QED) is 0.880. The summed E-state index contributed by atoms with van der Waals surface area (Å²) >= 11 is 1.71. The number of carbonyl (C=O) groups is 2. The number of rotatable bonds is 4. The van der Waals surface area contributed by atoms with E-state index in [0.717, 1.165) is 22.8 Å². The zero-order chi connectivity index (χ0) is 17.9. The lowest BCUT2D eigenvalue weighted by Crippen LogP contribution is -2.56. The van der Waals surface area contributed by atoms with Crippen molar-refractivity contribution in [2.45, 2.75) is 25.3 Å². The Hall–Kier alpha value is -2.34. The van der Waals surface area contributed by atoms with Crippen molar-refractivity contribution in [1.29, 1.82) is 0 Å². The average molecular weight is 356 g/mol. The van der Waals surface area contributed by atoms with Crippen molar-refractivity contribution in [2.75, 3.05) is 11.5 Å². The summed E-state index contributed by atoms with van der Waals surface area (Å²) in [6.45, 7) is 1.77. The number of carboxylic acids is 1. The highest BCUT2D eigenvalue weighted by atomic mass is 32.2. The first-order valence-corrected chi connectivity index (χ1v) is 9.34. The Kier molecular flexibility index (Phi) is 5.08. The number of aliphatic carboxylic acids is 1. The number of aryl methyl sites for hydroxylation is 1. The molecule has 1 aromatic carbocycles. The maximum Gasteiger partial charge on any atom is 0.329 e. The predicted molar refractivity (Wildman–Crippen MR) is 98.8 cm³/mol. The number of carboxylic acid groups (broad SMARTS) is 1. The molecule has 0 aliphatic carbocycles. The van der Waals surface area contributed by atoms with Crippen molar-refractivity contribution < 1.29 is 14.7 Å². The van der Waals surface area contributed by atoms with Crippen molar-refractivity contribution in [3.63, 3.8) is 0 Å². The minimum atomic E-state index is -1.17. The average Bonchev–Trinajstić information content (AvgIpc) is 2.63. The summed E-state index contributed by atoms with van der Waals surface area (Å²) in [5.41, 5.74) is 1.59. The van der Waals surface area contributed by atoms with Gasteiger partial charge in [-0.2, -0.15) is 11.8 Å². The first kappa shape index (κ1) is 17.5. The van der Waals surface area contributed by atoms with Crippen molar-refractivity contribution >= 4 is 23.6 Å². The van der Waals surface area contributed by atoms with Gasteiger partial charge in [-0.05, 0) is 43.4 Å². The first-order chi connectivity index (χ1) is 12.0. The van der Waals surface area contributed by atoms with Gasteiger partial charge >= 0.3 is 5.97 Å². The van der Waals surface area contributed by atoms with E-state index >= 15 is 0 Å². The molecule has 2 aromatic rings. The fourth-order valence-electron chi connectivity index (χ4n) is 2.97. The van der Waals surface area contributed by atoms with Crippen LogP contribution in [-0.2, 0) is 4.79 Å². The lowest BCUT2D eigenvalue weighted by Gasteiger charge is -2.33. The monoisotopic (exact) mass is 356 g/mol. The van der Waals surface area contributed by atoms with Crippen molar-refractivity contribution in [1.82, 2.24) is 10.3 Å². The molecule has 3 rings (SSSR count). The standard InChI is InChI=1S/C19H20N2O3S/c1-13-15(7-8-16(20-13)14-5-3-2-4-6-14)17(22)21-19(18(23)24)9-11-25-12-10-19/h2-8H,9-12H2,1H3,(H,21,22)(H,23,24). The summed E-state index contributed by atoms with van der Waals surface area (Å²) in [5.74, 6) is 0.125. The number of nitrogens with zero attached hydrogens (tertiary/aromatic N) is 1. The van der Waals surface area contributed by atoms with Crippen LogP contribution in [0.5, 0.6) is 0 Å². The van der Waals surface area contributed by atoms with Gasteiger partial charge in [0.2, 0.25) is 0 Å². The van der Waals surface area contributed by atoms with Crippen LogP contribution in [0.1, 0.15) is 28.9 Å². The molecule has 25 heavy (non-hydrogen) atoms. The highest BCUT2D eigenvalue weighted by Gasteiger charge is 2.41. The fourth-order valence-corrected chi connectivity index (χ4v) is 4.16. The van der Waals surface area contributed by atoms with Crippen LogP contribution in [0.3, 0.4) is 0 Å². The fraction of sp³-hybridized carbons (Fsp3) is 0.316. The third-order valence-corrected chi connectivity index (χ3v) is 5.49. The van der Waals surface area contributed by atoms with Crippen LogP contribution in [0.15, 0.2) is 42.5 Å². The molecule has 1 aliphatic heterocycles. The number of aromatic nitrogens is 1. The van der Waals surface area contributed by atoms with E-state index in [9.17, 15) is 14.7 Å². The van der Waals surface area contributed by atoms with E-state index in [1.807, 2.05) is 30.3 Å². The number of pyridine rings is 1. The molecule has 1 fully saturated rings. The van der Waals surface area contributed by atoms with Gasteiger partial charge in [0.25, 0.3) is 5.91 Å². The van der Waals surface area contributed by atoms with Crippen LogP contribution in [0.25, 0.3) is 11.3 Å². The van der Waals surface area contributed by atoms with E-state index < -0.39 is 11.5 Å². The molecule has 6 heteroatoms. The summed E-state index contributed by atoms with van der Waals surface area (Å²) in [5, 5.41) is 12.4. The number of nitrogens with one attached hydrogen (secondary N) is 1. The van der Waals surface area contributed by atoms with Gasteiger partial charge in [0.05, 0.1) is 17.0 Å². The smallest absolute Gasteiger partial charge is 0.329 e. The molecule has 0 atom stereocenters. The number of hydrogen-bond acceptors (Lipinski definition) is 4. The lowest BCUT2D eigenvalue weighted by molar-refractivity contribution is -0.144. The van der Waals surface area contributed by atoms with E-state index in [1.165, 1.54) is 0 Å². The molecule has 2 N–H and O–H groups in total. The van der Waals surface area contributed by atoms with Crippen LogP contribution >= 0.6 is 11.8 Å². The van der Waals surface area contributed by atoms with E-state index in [0.29, 0.717) is 24.1 Å². The van der Waals surface area contributed by atoms with Crippen LogP contribution in [-0.4, -0.2) is 39.0 Å². The van der Waals surface area contributed by atoms with Gasteiger partial charge in [-0.3, -0.25) is 9.78 Å². The molecule has 0 radical (unpaired) electrons. The maximum absolute atomic E-state index is 12.7. The van der Waals surface area contributed by atoms with Crippen molar-refractivity contribution in [2.24, 2.45) is 0 Å². The second kappa shape index (κ2) is 7.27. The molecule has 0 spiro atoms. The summed E-state index contributed by atoms with van der Waals surface area (Å²) in [6.07, 6.45) is 0.876. The molecule has 0 saturated carbocycles. The van der Waals surface area contributed by atoms with Crippen LogP contribution < -0.4 is 5.32 Å². The summed E-state index contributed by atoms with van der Waals surface area (Å²) in [7, 11) is 0. The molecule has 1 aliphatic rings. The highest BCUT2D eigenvalue weighted by molar-refractivity contribution is 7.99. The molecule has 1 aromatic heterocycles. The molecule has 5 nitrogen and oxygen atoms in total. The number of benzene rings is 1. The predicted octanol–water partition coefficient (Wildman–Crippen LogP) is 3.14. The molecule has 2 heterocycles. The highest BCUT2D eigenvalue weighted by Crippen LogP contribution is 2.28. The Labute approximate surface area is 150 Å². The Bertz CT molecular complexity index is 787. The van der Waals surface area contributed by atoms with Gasteiger partial charge < -0.3 is 10.4 Å². The SMILES string of the molecule is Cc1nc(-c2ccccc2)ccc1C(=O)NC1(C(=O)O)CCSCC1. The minimum Gasteiger partial charge on any atom is -0.480 e. The summed E-state index contributed by atoms with van der Waals surface area (Å²) in [4.78, 5) is 28.9.